The van der Waals surface area contributed by atoms with Gasteiger partial charge in [0.15, 0.2) is 0 Å². The van der Waals surface area contributed by atoms with Gasteiger partial charge in [0.1, 0.15) is 11.4 Å². The molecule has 1 spiro atoms. The summed E-state index contributed by atoms with van der Waals surface area (Å²) in [6.07, 6.45) is 5.58. The zero-order valence-corrected chi connectivity index (χ0v) is 16.9. The summed E-state index contributed by atoms with van der Waals surface area (Å²) in [5, 5.41) is 0. The number of hydrogen-bond donors (Lipinski definition) is 0. The molecule has 0 saturated carbocycles. The van der Waals surface area contributed by atoms with Crippen molar-refractivity contribution in [2.45, 2.75) is 30.3 Å². The lowest BCUT2D eigenvalue weighted by atomic mass is 9.95. The number of benzene rings is 2. The van der Waals surface area contributed by atoms with E-state index in [9.17, 15) is 8.42 Å². The van der Waals surface area contributed by atoms with E-state index in [4.69, 9.17) is 4.74 Å². The van der Waals surface area contributed by atoms with Crippen molar-refractivity contribution in [2.24, 2.45) is 0 Å². The zero-order valence-electron chi connectivity index (χ0n) is 14.5. The van der Waals surface area contributed by atoms with Gasteiger partial charge in [-0.2, -0.15) is 4.31 Å². The molecule has 1 unspecified atom stereocenters. The summed E-state index contributed by atoms with van der Waals surface area (Å²) in [7, 11) is -3.50. The Kier molecular flexibility index (Phi) is 4.45. The summed E-state index contributed by atoms with van der Waals surface area (Å²) in [5.41, 5.74) is 1.57. The molecular weight excluding hydrogens is 414 g/mol. The van der Waals surface area contributed by atoms with Gasteiger partial charge in [-0.3, -0.25) is 0 Å². The van der Waals surface area contributed by atoms with Crippen molar-refractivity contribution in [2.75, 3.05) is 13.1 Å². The predicted molar refractivity (Wildman–Crippen MR) is 106 cm³/mol. The van der Waals surface area contributed by atoms with Gasteiger partial charge in [-0.25, -0.2) is 8.42 Å². The fourth-order valence-electron chi connectivity index (χ4n) is 3.60. The fourth-order valence-corrected chi connectivity index (χ4v) is 5.64. The molecule has 1 atom stereocenters. The maximum Gasteiger partial charge on any atom is 0.243 e. The summed E-state index contributed by atoms with van der Waals surface area (Å²) in [6, 6.07) is 12.7. The number of rotatable bonds is 3. The van der Waals surface area contributed by atoms with Crippen molar-refractivity contribution in [3.63, 3.8) is 0 Å². The number of aryl methyl sites for hydroxylation is 1. The average molecular weight is 434 g/mol. The number of halogens is 1. The maximum atomic E-state index is 12.9. The van der Waals surface area contributed by atoms with Crippen LogP contribution in [-0.2, 0) is 16.4 Å². The minimum absolute atomic E-state index is 0.329. The van der Waals surface area contributed by atoms with Gasteiger partial charge in [-0.15, -0.1) is 0 Å². The average Bonchev–Trinajstić information content (AvgIpc) is 3.06. The van der Waals surface area contributed by atoms with Gasteiger partial charge in [0.25, 0.3) is 0 Å². The second kappa shape index (κ2) is 6.51. The molecule has 26 heavy (non-hydrogen) atoms. The van der Waals surface area contributed by atoms with Gasteiger partial charge in [0.2, 0.25) is 10.0 Å². The minimum atomic E-state index is -3.50. The number of fused-ring (bicyclic) bond motifs is 1. The molecule has 0 bridgehead atoms. The highest BCUT2D eigenvalue weighted by molar-refractivity contribution is 9.10. The summed E-state index contributed by atoms with van der Waals surface area (Å²) in [6.45, 7) is 2.88. The molecule has 1 fully saturated rings. The summed E-state index contributed by atoms with van der Waals surface area (Å²) >= 11 is 3.54. The minimum Gasteiger partial charge on any atom is -0.481 e. The third kappa shape index (κ3) is 3.00. The van der Waals surface area contributed by atoms with Crippen molar-refractivity contribution < 1.29 is 13.2 Å². The first-order valence-corrected chi connectivity index (χ1v) is 10.9. The maximum absolute atomic E-state index is 12.9. The van der Waals surface area contributed by atoms with Gasteiger partial charge >= 0.3 is 0 Å². The molecule has 2 aliphatic rings. The first kappa shape index (κ1) is 17.8. The van der Waals surface area contributed by atoms with Crippen LogP contribution in [0, 0.1) is 0 Å². The Bertz CT molecular complexity index is 972. The first-order valence-electron chi connectivity index (χ1n) is 8.69. The molecule has 2 aliphatic heterocycles. The van der Waals surface area contributed by atoms with Crippen LogP contribution in [0.15, 0.2) is 57.9 Å². The Hall–Kier alpha value is -1.63. The van der Waals surface area contributed by atoms with Crippen LogP contribution in [0.4, 0.5) is 0 Å². The van der Waals surface area contributed by atoms with Crippen LogP contribution in [-0.4, -0.2) is 31.4 Å². The molecule has 136 valence electrons. The van der Waals surface area contributed by atoms with Crippen LogP contribution >= 0.6 is 15.9 Å². The van der Waals surface area contributed by atoms with E-state index in [2.05, 4.69) is 35.0 Å². The standard InChI is InChI=1S/C20H20BrNO3S/c1-2-15-12-17(21)13-16-8-9-20(25-19(15)16)10-11-22(14-20)26(23,24)18-6-4-3-5-7-18/h3-9,12-13H,2,10-11,14H2,1H3. The molecule has 2 aromatic rings. The van der Waals surface area contributed by atoms with Crippen molar-refractivity contribution >= 4 is 32.0 Å². The lowest BCUT2D eigenvalue weighted by Gasteiger charge is -2.32. The molecule has 0 amide bonds. The van der Waals surface area contributed by atoms with Crippen LogP contribution in [0.2, 0.25) is 0 Å². The second-order valence-corrected chi connectivity index (χ2v) is 9.59. The molecule has 0 aromatic heterocycles. The molecule has 4 nitrogen and oxygen atoms in total. The molecule has 2 heterocycles. The molecule has 4 rings (SSSR count). The van der Waals surface area contributed by atoms with Gasteiger partial charge < -0.3 is 4.74 Å². The van der Waals surface area contributed by atoms with Gasteiger partial charge in [0.05, 0.1) is 11.4 Å². The van der Waals surface area contributed by atoms with Crippen LogP contribution < -0.4 is 4.74 Å². The monoisotopic (exact) mass is 433 g/mol. The molecular formula is C20H20BrNO3S. The van der Waals surface area contributed by atoms with E-state index in [0.29, 0.717) is 24.4 Å². The Labute approximate surface area is 162 Å². The number of ether oxygens (including phenoxy) is 1. The highest BCUT2D eigenvalue weighted by atomic mass is 79.9. The van der Waals surface area contributed by atoms with E-state index >= 15 is 0 Å². The van der Waals surface area contributed by atoms with Crippen molar-refractivity contribution in [3.8, 4) is 5.75 Å². The third-order valence-corrected chi connectivity index (χ3v) is 7.34. The summed E-state index contributed by atoms with van der Waals surface area (Å²) < 4.78 is 34.8. The van der Waals surface area contributed by atoms with E-state index < -0.39 is 15.6 Å². The van der Waals surface area contributed by atoms with Crippen LogP contribution in [0.25, 0.3) is 6.08 Å². The Balaban J connectivity index is 1.64. The largest absolute Gasteiger partial charge is 0.481 e. The van der Waals surface area contributed by atoms with Crippen LogP contribution in [0.5, 0.6) is 5.75 Å². The van der Waals surface area contributed by atoms with Gasteiger partial charge in [0, 0.05) is 23.0 Å². The Morgan fingerprint density at radius 1 is 1.23 bits per heavy atom. The SMILES string of the molecule is CCc1cc(Br)cc2c1OC1(C=C2)CCN(S(=O)(=O)c2ccccc2)C1. The molecule has 0 radical (unpaired) electrons. The molecule has 6 heteroatoms. The highest BCUT2D eigenvalue weighted by Crippen LogP contribution is 2.41. The number of nitrogens with zero attached hydrogens (tertiary/aromatic N) is 1. The molecule has 0 aliphatic carbocycles. The predicted octanol–water partition coefficient (Wildman–Crippen LogP) is 4.25. The quantitative estimate of drug-likeness (QED) is 0.726. The Morgan fingerprint density at radius 2 is 2.00 bits per heavy atom. The molecule has 2 aromatic carbocycles. The third-order valence-electron chi connectivity index (χ3n) is 5.02. The van der Waals surface area contributed by atoms with Crippen molar-refractivity contribution in [1.82, 2.24) is 4.31 Å². The lowest BCUT2D eigenvalue weighted by molar-refractivity contribution is 0.131. The topological polar surface area (TPSA) is 46.6 Å². The van der Waals surface area contributed by atoms with E-state index in [-0.39, 0.29) is 0 Å². The second-order valence-electron chi connectivity index (χ2n) is 6.74. The fraction of sp³-hybridized carbons (Fsp3) is 0.300. The number of sulfonamides is 1. The normalized spacial score (nSPS) is 22.4. The van der Waals surface area contributed by atoms with Crippen LogP contribution in [0.1, 0.15) is 24.5 Å². The number of hydrogen-bond acceptors (Lipinski definition) is 3. The zero-order chi connectivity index (χ0) is 18.4. The van der Waals surface area contributed by atoms with Gasteiger partial charge in [-0.05, 0) is 42.3 Å². The Morgan fingerprint density at radius 3 is 2.73 bits per heavy atom. The van der Waals surface area contributed by atoms with Gasteiger partial charge in [-0.1, -0.05) is 47.1 Å². The van der Waals surface area contributed by atoms with Crippen molar-refractivity contribution in [3.05, 3.63) is 64.1 Å². The van der Waals surface area contributed by atoms with E-state index in [1.165, 1.54) is 4.31 Å². The molecule has 1 saturated heterocycles. The van der Waals surface area contributed by atoms with E-state index in [0.717, 1.165) is 27.8 Å². The van der Waals surface area contributed by atoms with Crippen LogP contribution in [0.3, 0.4) is 0 Å². The highest BCUT2D eigenvalue weighted by Gasteiger charge is 2.45. The molecule has 0 N–H and O–H groups in total. The lowest BCUT2D eigenvalue weighted by Crippen LogP contribution is -2.40. The van der Waals surface area contributed by atoms with E-state index in [1.807, 2.05) is 18.2 Å². The first-order chi connectivity index (χ1) is 12.4. The summed E-state index contributed by atoms with van der Waals surface area (Å²) in [5.74, 6) is 0.872. The van der Waals surface area contributed by atoms with Crippen molar-refractivity contribution in [1.29, 1.82) is 0 Å². The summed E-state index contributed by atoms with van der Waals surface area (Å²) in [4.78, 5) is 0.329. The smallest absolute Gasteiger partial charge is 0.243 e. The van der Waals surface area contributed by atoms with E-state index in [1.54, 1.807) is 24.3 Å².